The molecule has 0 saturated heterocycles. The van der Waals surface area contributed by atoms with E-state index in [1.165, 1.54) is 0 Å². The largest absolute Gasteiger partial charge is 0.348 e. The van der Waals surface area contributed by atoms with E-state index >= 15 is 0 Å². The topological polar surface area (TPSA) is 111 Å². The van der Waals surface area contributed by atoms with Gasteiger partial charge in [0.25, 0.3) is 11.5 Å². The molecular formula is C31H33ClN4O4. The molecule has 9 heteroatoms. The van der Waals surface area contributed by atoms with Crippen LogP contribution in [0, 0.1) is 26.7 Å². The van der Waals surface area contributed by atoms with E-state index in [9.17, 15) is 19.2 Å². The summed E-state index contributed by atoms with van der Waals surface area (Å²) in [5.41, 5.74) is 5.03. The monoisotopic (exact) mass is 560 g/mol. The fourth-order valence-corrected chi connectivity index (χ4v) is 4.96. The number of aromatic nitrogens is 1. The van der Waals surface area contributed by atoms with Crippen LogP contribution in [0.2, 0.25) is 5.02 Å². The van der Waals surface area contributed by atoms with E-state index in [4.69, 9.17) is 11.6 Å². The van der Waals surface area contributed by atoms with Crippen LogP contribution in [0.25, 0.3) is 11.1 Å². The van der Waals surface area contributed by atoms with Crippen LogP contribution in [-0.4, -0.2) is 29.3 Å². The summed E-state index contributed by atoms with van der Waals surface area (Å²) in [6.45, 7) is 11.3. The Labute approximate surface area is 238 Å². The molecule has 40 heavy (non-hydrogen) atoms. The number of pyridine rings is 1. The highest BCUT2D eigenvalue weighted by molar-refractivity contribution is 6.31. The molecule has 1 aliphatic rings. The van der Waals surface area contributed by atoms with Gasteiger partial charge in [0.15, 0.2) is 0 Å². The van der Waals surface area contributed by atoms with Gasteiger partial charge in [0.1, 0.15) is 0 Å². The molecule has 1 heterocycles. The maximum absolute atomic E-state index is 13.6. The van der Waals surface area contributed by atoms with E-state index in [0.717, 1.165) is 30.2 Å². The number of carbonyl (C=O) groups is 3. The number of aromatic amines is 1. The summed E-state index contributed by atoms with van der Waals surface area (Å²) in [6, 6.07) is 10.5. The molecule has 1 aromatic heterocycles. The fourth-order valence-electron chi connectivity index (χ4n) is 4.79. The number of rotatable bonds is 9. The number of halogens is 1. The van der Waals surface area contributed by atoms with E-state index in [1.54, 1.807) is 36.1 Å². The van der Waals surface area contributed by atoms with Crippen LogP contribution in [0.15, 0.2) is 53.8 Å². The molecule has 1 saturated carbocycles. The summed E-state index contributed by atoms with van der Waals surface area (Å²) < 4.78 is 0. The first-order chi connectivity index (χ1) is 19.0. The molecule has 3 N–H and O–H groups in total. The minimum atomic E-state index is -0.411. The minimum Gasteiger partial charge on any atom is -0.348 e. The number of hydrogen-bond acceptors (Lipinski definition) is 4. The Hall–Kier alpha value is -4.17. The average molecular weight is 561 g/mol. The van der Waals surface area contributed by atoms with Crippen molar-refractivity contribution in [2.75, 3.05) is 16.8 Å². The lowest BCUT2D eigenvalue weighted by atomic mass is 9.95. The highest BCUT2D eigenvalue weighted by atomic mass is 35.5. The second-order valence-corrected chi connectivity index (χ2v) is 10.5. The molecule has 4 rings (SSSR count). The molecule has 0 unspecified atom stereocenters. The second-order valence-electron chi connectivity index (χ2n) is 10.0. The van der Waals surface area contributed by atoms with Crippen molar-refractivity contribution in [1.82, 2.24) is 10.3 Å². The summed E-state index contributed by atoms with van der Waals surface area (Å²) in [4.78, 5) is 56.0. The van der Waals surface area contributed by atoms with Crippen molar-refractivity contribution in [3.8, 4) is 11.1 Å². The van der Waals surface area contributed by atoms with Crippen molar-refractivity contribution >= 4 is 40.7 Å². The average Bonchev–Trinajstić information content (AvgIpc) is 3.75. The Balaban J connectivity index is 1.82. The quantitative estimate of drug-likeness (QED) is 0.303. The molecule has 3 aromatic rings. The molecule has 1 fully saturated rings. The molecule has 208 valence electrons. The lowest BCUT2D eigenvalue weighted by molar-refractivity contribution is -0.119. The maximum Gasteiger partial charge on any atom is 0.253 e. The van der Waals surface area contributed by atoms with Crippen LogP contribution in [0.1, 0.15) is 52.5 Å². The van der Waals surface area contributed by atoms with Gasteiger partial charge in [-0.2, -0.15) is 0 Å². The zero-order chi connectivity index (χ0) is 29.1. The van der Waals surface area contributed by atoms with Gasteiger partial charge >= 0.3 is 0 Å². The lowest BCUT2D eigenvalue weighted by Crippen LogP contribution is -2.33. The third-order valence-electron chi connectivity index (χ3n) is 7.08. The molecular weight excluding hydrogens is 528 g/mol. The molecule has 0 aliphatic heterocycles. The first-order valence-corrected chi connectivity index (χ1v) is 13.6. The molecule has 8 nitrogen and oxygen atoms in total. The third kappa shape index (κ3) is 6.18. The van der Waals surface area contributed by atoms with E-state index in [0.29, 0.717) is 50.8 Å². The van der Waals surface area contributed by atoms with Crippen LogP contribution >= 0.6 is 11.6 Å². The molecule has 0 atom stereocenters. The van der Waals surface area contributed by atoms with Crippen molar-refractivity contribution in [1.29, 1.82) is 0 Å². The van der Waals surface area contributed by atoms with Gasteiger partial charge in [-0.25, -0.2) is 0 Å². The Morgan fingerprint density at radius 2 is 1.85 bits per heavy atom. The van der Waals surface area contributed by atoms with Crippen LogP contribution in [0.4, 0.5) is 11.4 Å². The standard InChI is InChI=1S/C31H33ClN4O4/c1-6-28(37)35-26-15-22(32)10-11-23(26)21-13-24(19(5)27(14-21)36(7-2)31(40)20-8-9-20)29(38)33-16-25-17(3)12-18(4)34-30(25)39/h6,10-15,20H,1,7-9,16H2,2-5H3,(H,33,38)(H,34,39)(H,35,37). The predicted molar refractivity (Wildman–Crippen MR) is 159 cm³/mol. The predicted octanol–water partition coefficient (Wildman–Crippen LogP) is 5.44. The van der Waals surface area contributed by atoms with Crippen molar-refractivity contribution in [2.24, 2.45) is 5.92 Å². The summed E-state index contributed by atoms with van der Waals surface area (Å²) in [6.07, 6.45) is 2.85. The second kappa shape index (κ2) is 11.9. The first-order valence-electron chi connectivity index (χ1n) is 13.2. The molecule has 0 radical (unpaired) electrons. The number of nitrogens with one attached hydrogen (secondary N) is 3. The number of H-pyrrole nitrogens is 1. The smallest absolute Gasteiger partial charge is 0.253 e. The number of amides is 3. The van der Waals surface area contributed by atoms with Gasteiger partial charge in [-0.1, -0.05) is 24.2 Å². The minimum absolute atomic E-state index is 0.0190. The molecule has 0 spiro atoms. The lowest BCUT2D eigenvalue weighted by Gasteiger charge is -2.26. The number of carbonyl (C=O) groups excluding carboxylic acids is 3. The number of hydrogen-bond donors (Lipinski definition) is 3. The zero-order valence-corrected chi connectivity index (χ0v) is 23.9. The molecule has 3 amide bonds. The normalized spacial score (nSPS) is 12.5. The van der Waals surface area contributed by atoms with Crippen LogP contribution in [0.5, 0.6) is 0 Å². The highest BCUT2D eigenvalue weighted by Crippen LogP contribution is 2.38. The van der Waals surface area contributed by atoms with Crippen molar-refractivity contribution in [2.45, 2.75) is 47.1 Å². The first kappa shape index (κ1) is 28.8. The van der Waals surface area contributed by atoms with Crippen LogP contribution < -0.4 is 21.1 Å². The molecule has 2 aromatic carbocycles. The Kier molecular flexibility index (Phi) is 8.59. The van der Waals surface area contributed by atoms with Crippen molar-refractivity contribution < 1.29 is 14.4 Å². The van der Waals surface area contributed by atoms with Gasteiger partial charge in [0.05, 0.1) is 5.69 Å². The van der Waals surface area contributed by atoms with Crippen LogP contribution in [-0.2, 0) is 16.1 Å². The number of benzene rings is 2. The Morgan fingerprint density at radius 3 is 2.48 bits per heavy atom. The number of aryl methyl sites for hydroxylation is 2. The summed E-state index contributed by atoms with van der Waals surface area (Å²) in [5.74, 6) is -0.797. The Morgan fingerprint density at radius 1 is 1.12 bits per heavy atom. The van der Waals surface area contributed by atoms with Gasteiger partial charge in [-0.15, -0.1) is 0 Å². The van der Waals surface area contributed by atoms with Crippen LogP contribution in [0.3, 0.4) is 0 Å². The third-order valence-corrected chi connectivity index (χ3v) is 7.32. The molecule has 1 aliphatic carbocycles. The summed E-state index contributed by atoms with van der Waals surface area (Å²) in [5, 5.41) is 6.08. The number of anilines is 2. The van der Waals surface area contributed by atoms with E-state index in [2.05, 4.69) is 22.2 Å². The maximum atomic E-state index is 13.6. The SMILES string of the molecule is C=CC(=O)Nc1cc(Cl)ccc1-c1cc(C(=O)NCc2c(C)cc(C)[nH]c2=O)c(C)c(N(CC)C(=O)C2CC2)c1. The van der Waals surface area contributed by atoms with Gasteiger partial charge in [0.2, 0.25) is 11.8 Å². The van der Waals surface area contributed by atoms with E-state index in [-0.39, 0.29) is 29.8 Å². The molecule has 0 bridgehead atoms. The Bertz CT molecular complexity index is 1570. The van der Waals surface area contributed by atoms with E-state index < -0.39 is 5.91 Å². The van der Waals surface area contributed by atoms with Gasteiger partial charge in [-0.05, 0) is 93.6 Å². The number of nitrogens with zero attached hydrogens (tertiary/aromatic N) is 1. The zero-order valence-electron chi connectivity index (χ0n) is 23.1. The van der Waals surface area contributed by atoms with Gasteiger partial charge in [-0.3, -0.25) is 19.2 Å². The summed E-state index contributed by atoms with van der Waals surface area (Å²) in [7, 11) is 0. The van der Waals surface area contributed by atoms with Crippen molar-refractivity contribution in [3.63, 3.8) is 0 Å². The fraction of sp³-hybridized carbons (Fsp3) is 0.290. The summed E-state index contributed by atoms with van der Waals surface area (Å²) >= 11 is 6.24. The van der Waals surface area contributed by atoms with E-state index in [1.807, 2.05) is 32.9 Å². The highest BCUT2D eigenvalue weighted by Gasteiger charge is 2.34. The van der Waals surface area contributed by atoms with Gasteiger partial charge < -0.3 is 20.5 Å². The van der Waals surface area contributed by atoms with Crippen molar-refractivity contribution in [3.05, 3.63) is 92.4 Å². The van der Waals surface area contributed by atoms with Gasteiger partial charge in [0, 0.05) is 52.1 Å².